The Labute approximate surface area is 77.6 Å². The number of esters is 1. The third kappa shape index (κ3) is 3.05. The molecule has 1 aliphatic heterocycles. The molecular weight excluding hydrogens is 170 g/mol. The second kappa shape index (κ2) is 3.36. The van der Waals surface area contributed by atoms with Crippen molar-refractivity contribution in [3.8, 4) is 0 Å². The second-order valence-electron chi connectivity index (χ2n) is 4.26. The van der Waals surface area contributed by atoms with Gasteiger partial charge in [-0.05, 0) is 20.8 Å². The maximum atomic E-state index is 11.4. The topological polar surface area (TPSA) is 55.4 Å². The van der Waals surface area contributed by atoms with Crippen molar-refractivity contribution in [2.45, 2.75) is 45.3 Å². The average Bonchev–Trinajstić information content (AvgIpc) is 2.31. The van der Waals surface area contributed by atoms with E-state index in [2.05, 4.69) is 5.32 Å². The quantitative estimate of drug-likeness (QED) is 0.609. The van der Waals surface area contributed by atoms with Gasteiger partial charge in [0.1, 0.15) is 0 Å². The maximum absolute atomic E-state index is 11.4. The fraction of sp³-hybridized carbons (Fsp3) is 0.778. The molecule has 1 heterocycles. The minimum Gasteiger partial charge on any atom is -0.452 e. The molecule has 0 saturated carbocycles. The molecule has 74 valence electrons. The molecule has 4 nitrogen and oxygen atoms in total. The van der Waals surface area contributed by atoms with Gasteiger partial charge >= 0.3 is 5.97 Å². The molecule has 0 aromatic rings. The molecule has 13 heavy (non-hydrogen) atoms. The van der Waals surface area contributed by atoms with E-state index in [1.807, 2.05) is 20.8 Å². The van der Waals surface area contributed by atoms with Crippen LogP contribution in [0.3, 0.4) is 0 Å². The van der Waals surface area contributed by atoms with Crippen molar-refractivity contribution in [1.82, 2.24) is 5.32 Å². The first kappa shape index (κ1) is 10.0. The van der Waals surface area contributed by atoms with Crippen molar-refractivity contribution >= 4 is 11.9 Å². The Balaban J connectivity index is 2.45. The molecule has 1 fully saturated rings. The lowest BCUT2D eigenvalue weighted by Gasteiger charge is -2.22. The highest BCUT2D eigenvalue weighted by Crippen LogP contribution is 2.14. The Hall–Kier alpha value is -1.06. The van der Waals surface area contributed by atoms with Crippen LogP contribution in [0.15, 0.2) is 0 Å². The number of carbonyl (C=O) groups is 2. The lowest BCUT2D eigenvalue weighted by molar-refractivity contribution is -0.148. The third-order valence-electron chi connectivity index (χ3n) is 1.67. The maximum Gasteiger partial charge on any atom is 0.306 e. The second-order valence-corrected chi connectivity index (χ2v) is 4.26. The van der Waals surface area contributed by atoms with E-state index in [9.17, 15) is 9.59 Å². The van der Waals surface area contributed by atoms with Crippen LogP contribution in [-0.4, -0.2) is 23.5 Å². The van der Waals surface area contributed by atoms with Crippen molar-refractivity contribution in [2.75, 3.05) is 0 Å². The van der Waals surface area contributed by atoms with E-state index < -0.39 is 6.10 Å². The summed E-state index contributed by atoms with van der Waals surface area (Å²) < 4.78 is 4.82. The van der Waals surface area contributed by atoms with E-state index in [4.69, 9.17) is 4.74 Å². The zero-order chi connectivity index (χ0) is 10.1. The zero-order valence-electron chi connectivity index (χ0n) is 8.22. The highest BCUT2D eigenvalue weighted by molar-refractivity contribution is 5.86. The minimum atomic E-state index is -0.577. The van der Waals surface area contributed by atoms with Gasteiger partial charge in [-0.1, -0.05) is 0 Å². The monoisotopic (exact) mass is 185 g/mol. The van der Waals surface area contributed by atoms with E-state index in [-0.39, 0.29) is 17.4 Å². The van der Waals surface area contributed by atoms with Crippen molar-refractivity contribution in [2.24, 2.45) is 0 Å². The Bertz CT molecular complexity index is 230. The standard InChI is InChI=1S/C9H15NO3/c1-9(2,3)10-8(12)6-4-5-7(11)13-6/h6H,4-5H2,1-3H3,(H,10,12)/t6-/m1/s1. The number of rotatable bonds is 1. The van der Waals surface area contributed by atoms with Gasteiger partial charge < -0.3 is 10.1 Å². The lowest BCUT2D eigenvalue weighted by atomic mass is 10.1. The predicted octanol–water partition coefficient (Wildman–Crippen LogP) is 0.607. The first-order chi connectivity index (χ1) is 5.88. The van der Waals surface area contributed by atoms with E-state index >= 15 is 0 Å². The van der Waals surface area contributed by atoms with Crippen molar-refractivity contribution in [1.29, 1.82) is 0 Å². The summed E-state index contributed by atoms with van der Waals surface area (Å²) in [4.78, 5) is 22.1. The molecule has 0 bridgehead atoms. The summed E-state index contributed by atoms with van der Waals surface area (Å²) in [6.45, 7) is 5.67. The van der Waals surface area contributed by atoms with Gasteiger partial charge in [-0.2, -0.15) is 0 Å². The summed E-state index contributed by atoms with van der Waals surface area (Å²) >= 11 is 0. The number of hydrogen-bond acceptors (Lipinski definition) is 3. The Kier molecular flexibility index (Phi) is 2.59. The van der Waals surface area contributed by atoms with Gasteiger partial charge in [-0.3, -0.25) is 9.59 Å². The molecule has 0 aromatic carbocycles. The van der Waals surface area contributed by atoms with Gasteiger partial charge in [-0.15, -0.1) is 0 Å². The highest BCUT2D eigenvalue weighted by Gasteiger charge is 2.31. The molecule has 0 aliphatic carbocycles. The third-order valence-corrected chi connectivity index (χ3v) is 1.67. The van der Waals surface area contributed by atoms with Crippen molar-refractivity contribution in [3.63, 3.8) is 0 Å². The lowest BCUT2D eigenvalue weighted by Crippen LogP contribution is -2.45. The van der Waals surface area contributed by atoms with Gasteiger partial charge in [0.15, 0.2) is 6.10 Å². The summed E-state index contributed by atoms with van der Waals surface area (Å²) in [6, 6.07) is 0. The Morgan fingerprint density at radius 1 is 1.54 bits per heavy atom. The summed E-state index contributed by atoms with van der Waals surface area (Å²) in [5.74, 6) is -0.479. The molecule has 1 amide bonds. The van der Waals surface area contributed by atoms with Crippen LogP contribution < -0.4 is 5.32 Å². The van der Waals surface area contributed by atoms with Crippen LogP contribution in [0.4, 0.5) is 0 Å². The molecular formula is C9H15NO3. The van der Waals surface area contributed by atoms with Crippen LogP contribution in [0.2, 0.25) is 0 Å². The molecule has 1 N–H and O–H groups in total. The van der Waals surface area contributed by atoms with Crippen LogP contribution in [0.1, 0.15) is 33.6 Å². The van der Waals surface area contributed by atoms with Crippen LogP contribution in [0.25, 0.3) is 0 Å². The molecule has 4 heteroatoms. The van der Waals surface area contributed by atoms with Gasteiger partial charge in [0.25, 0.3) is 5.91 Å². The summed E-state index contributed by atoms with van der Waals surface area (Å²) in [6.07, 6.45) is 0.273. The Morgan fingerprint density at radius 3 is 2.54 bits per heavy atom. The fourth-order valence-electron chi connectivity index (χ4n) is 1.16. The largest absolute Gasteiger partial charge is 0.452 e. The number of ether oxygens (including phenoxy) is 1. The van der Waals surface area contributed by atoms with Crippen molar-refractivity contribution in [3.05, 3.63) is 0 Å². The van der Waals surface area contributed by atoms with Crippen LogP contribution in [-0.2, 0) is 14.3 Å². The molecule has 1 aliphatic rings. The number of amides is 1. The molecule has 0 aromatic heterocycles. The van der Waals surface area contributed by atoms with E-state index in [0.717, 1.165) is 0 Å². The van der Waals surface area contributed by atoms with Crippen LogP contribution in [0, 0.1) is 0 Å². The number of cyclic esters (lactones) is 1. The van der Waals surface area contributed by atoms with E-state index in [1.54, 1.807) is 0 Å². The smallest absolute Gasteiger partial charge is 0.306 e. The van der Waals surface area contributed by atoms with Gasteiger partial charge in [0, 0.05) is 18.4 Å². The SMILES string of the molecule is CC(C)(C)NC(=O)[C@H]1CCC(=O)O1. The number of carbonyl (C=O) groups excluding carboxylic acids is 2. The molecule has 0 spiro atoms. The highest BCUT2D eigenvalue weighted by atomic mass is 16.6. The van der Waals surface area contributed by atoms with Crippen molar-refractivity contribution < 1.29 is 14.3 Å². The average molecular weight is 185 g/mol. The zero-order valence-corrected chi connectivity index (χ0v) is 8.22. The normalized spacial score (nSPS) is 22.7. The predicted molar refractivity (Wildman–Crippen MR) is 47.0 cm³/mol. The minimum absolute atomic E-state index is 0.196. The molecule has 1 rings (SSSR count). The first-order valence-electron chi connectivity index (χ1n) is 4.40. The molecule has 0 radical (unpaired) electrons. The summed E-state index contributed by atoms with van der Waals surface area (Å²) in [5, 5.41) is 2.77. The molecule has 0 unspecified atom stereocenters. The van der Waals surface area contributed by atoms with Gasteiger partial charge in [0.2, 0.25) is 0 Å². The molecule has 1 saturated heterocycles. The van der Waals surface area contributed by atoms with E-state index in [0.29, 0.717) is 12.8 Å². The van der Waals surface area contributed by atoms with Crippen LogP contribution in [0.5, 0.6) is 0 Å². The summed E-state index contributed by atoms with van der Waals surface area (Å²) in [5.41, 5.74) is -0.272. The number of nitrogens with one attached hydrogen (secondary N) is 1. The molecule has 1 atom stereocenters. The van der Waals surface area contributed by atoms with Crippen LogP contribution >= 0.6 is 0 Å². The number of hydrogen-bond donors (Lipinski definition) is 1. The van der Waals surface area contributed by atoms with Gasteiger partial charge in [0.05, 0.1) is 0 Å². The fourth-order valence-corrected chi connectivity index (χ4v) is 1.16. The first-order valence-corrected chi connectivity index (χ1v) is 4.40. The summed E-state index contributed by atoms with van der Waals surface area (Å²) in [7, 11) is 0. The van der Waals surface area contributed by atoms with Gasteiger partial charge in [-0.25, -0.2) is 0 Å². The van der Waals surface area contributed by atoms with E-state index in [1.165, 1.54) is 0 Å². The Morgan fingerprint density at radius 2 is 2.15 bits per heavy atom.